The van der Waals surface area contributed by atoms with Crippen LogP contribution in [0.5, 0.6) is 0 Å². The smallest absolute Gasteiger partial charge is 0.257 e. The zero-order valence-corrected chi connectivity index (χ0v) is 8.70. The molecular formula is C8H6IN3O. The molecule has 2 N–H and O–H groups in total. The number of halogens is 1. The Kier molecular flexibility index (Phi) is 2.17. The van der Waals surface area contributed by atoms with Crippen molar-refractivity contribution >= 4 is 22.6 Å². The molecule has 0 radical (unpaired) electrons. The lowest BCUT2D eigenvalue weighted by Gasteiger charge is -1.91. The third-order valence-electron chi connectivity index (χ3n) is 1.64. The molecule has 0 unspecified atom stereocenters. The van der Waals surface area contributed by atoms with Crippen LogP contribution in [0.25, 0.3) is 11.3 Å². The number of rotatable bonds is 1. The number of aromatic amines is 2. The Hall–Kier alpha value is -1.11. The van der Waals surface area contributed by atoms with Gasteiger partial charge in [0.15, 0.2) is 0 Å². The normalized spacial score (nSPS) is 10.2. The Morgan fingerprint density at radius 2 is 2.31 bits per heavy atom. The topological polar surface area (TPSA) is 61.5 Å². The average Bonchev–Trinajstić information content (AvgIpc) is 2.53. The number of aromatic nitrogens is 3. The van der Waals surface area contributed by atoms with E-state index in [-0.39, 0.29) is 5.56 Å². The van der Waals surface area contributed by atoms with Gasteiger partial charge in [-0.25, -0.2) is 0 Å². The van der Waals surface area contributed by atoms with Gasteiger partial charge in [0.25, 0.3) is 5.56 Å². The highest BCUT2D eigenvalue weighted by Crippen LogP contribution is 2.13. The average molecular weight is 287 g/mol. The molecule has 0 aromatic carbocycles. The Morgan fingerprint density at radius 1 is 1.46 bits per heavy atom. The van der Waals surface area contributed by atoms with Gasteiger partial charge < -0.3 is 4.98 Å². The monoisotopic (exact) mass is 287 g/mol. The van der Waals surface area contributed by atoms with Gasteiger partial charge in [-0.2, -0.15) is 5.10 Å². The lowest BCUT2D eigenvalue weighted by atomic mass is 10.2. The minimum Gasteiger partial charge on any atom is -0.329 e. The second-order valence-corrected chi connectivity index (χ2v) is 3.68. The summed E-state index contributed by atoms with van der Waals surface area (Å²) < 4.78 is 0.913. The van der Waals surface area contributed by atoms with Crippen molar-refractivity contribution in [2.45, 2.75) is 0 Å². The second-order valence-electron chi connectivity index (χ2n) is 2.51. The molecule has 13 heavy (non-hydrogen) atoms. The van der Waals surface area contributed by atoms with Crippen LogP contribution < -0.4 is 5.56 Å². The van der Waals surface area contributed by atoms with Gasteiger partial charge in [0.05, 0.1) is 15.0 Å². The highest BCUT2D eigenvalue weighted by atomic mass is 127. The first-order valence-corrected chi connectivity index (χ1v) is 4.74. The molecule has 2 heterocycles. The zero-order valence-electron chi connectivity index (χ0n) is 6.54. The van der Waals surface area contributed by atoms with Crippen LogP contribution >= 0.6 is 22.6 Å². The minimum absolute atomic E-state index is 0.120. The van der Waals surface area contributed by atoms with E-state index in [1.807, 2.05) is 6.07 Å². The van der Waals surface area contributed by atoms with Crippen LogP contribution in [0.1, 0.15) is 0 Å². The van der Waals surface area contributed by atoms with E-state index in [4.69, 9.17) is 0 Å². The summed E-state index contributed by atoms with van der Waals surface area (Å²) in [5.74, 6) is 0. The summed E-state index contributed by atoms with van der Waals surface area (Å²) in [5.41, 5.74) is 1.14. The minimum atomic E-state index is -0.120. The quantitative estimate of drug-likeness (QED) is 0.778. The van der Waals surface area contributed by atoms with Gasteiger partial charge >= 0.3 is 0 Å². The van der Waals surface area contributed by atoms with Crippen LogP contribution in [0, 0.1) is 3.70 Å². The highest BCUT2D eigenvalue weighted by molar-refractivity contribution is 14.1. The molecule has 5 heteroatoms. The standard InChI is InChI=1S/C8H6IN3O/c9-7-4-6(11-12-7)5-2-1-3-10-8(5)13/h1-4H,(H,10,13)(H,11,12). The van der Waals surface area contributed by atoms with E-state index < -0.39 is 0 Å². The molecule has 0 saturated carbocycles. The van der Waals surface area contributed by atoms with Gasteiger partial charge in [-0.05, 0) is 40.8 Å². The van der Waals surface area contributed by atoms with Crippen molar-refractivity contribution in [1.82, 2.24) is 15.2 Å². The van der Waals surface area contributed by atoms with Gasteiger partial charge in [-0.3, -0.25) is 9.89 Å². The summed E-state index contributed by atoms with van der Waals surface area (Å²) >= 11 is 2.11. The maximum absolute atomic E-state index is 11.3. The number of H-pyrrole nitrogens is 2. The van der Waals surface area contributed by atoms with Crippen molar-refractivity contribution in [3.05, 3.63) is 38.5 Å². The van der Waals surface area contributed by atoms with E-state index >= 15 is 0 Å². The predicted octanol–water partition coefficient (Wildman–Crippen LogP) is 1.37. The van der Waals surface area contributed by atoms with Gasteiger partial charge in [0.1, 0.15) is 0 Å². The summed E-state index contributed by atoms with van der Waals surface area (Å²) in [5, 5.41) is 6.77. The predicted molar refractivity (Wildman–Crippen MR) is 57.4 cm³/mol. The molecule has 0 bridgehead atoms. The van der Waals surface area contributed by atoms with Gasteiger partial charge in [0.2, 0.25) is 0 Å². The molecule has 2 aromatic heterocycles. The summed E-state index contributed by atoms with van der Waals surface area (Å²) in [4.78, 5) is 13.9. The van der Waals surface area contributed by atoms with Crippen molar-refractivity contribution < 1.29 is 0 Å². The highest BCUT2D eigenvalue weighted by Gasteiger charge is 2.04. The summed E-state index contributed by atoms with van der Waals surface area (Å²) in [6.45, 7) is 0. The van der Waals surface area contributed by atoms with Crippen LogP contribution in [0.15, 0.2) is 29.2 Å². The molecule has 2 aromatic rings. The summed E-state index contributed by atoms with van der Waals surface area (Å²) in [6.07, 6.45) is 1.60. The largest absolute Gasteiger partial charge is 0.329 e. The number of hydrogen-bond donors (Lipinski definition) is 2. The summed E-state index contributed by atoms with van der Waals surface area (Å²) in [7, 11) is 0. The molecule has 0 spiro atoms. The number of pyridine rings is 1. The van der Waals surface area contributed by atoms with E-state index in [0.29, 0.717) is 11.3 Å². The van der Waals surface area contributed by atoms with Gasteiger partial charge in [-0.15, -0.1) is 0 Å². The lowest BCUT2D eigenvalue weighted by Crippen LogP contribution is -2.06. The molecule has 0 fully saturated rings. The van der Waals surface area contributed by atoms with E-state index in [1.165, 1.54) is 0 Å². The van der Waals surface area contributed by atoms with Crippen molar-refractivity contribution in [2.75, 3.05) is 0 Å². The van der Waals surface area contributed by atoms with E-state index in [2.05, 4.69) is 37.8 Å². The van der Waals surface area contributed by atoms with Crippen molar-refractivity contribution in [3.8, 4) is 11.3 Å². The van der Waals surface area contributed by atoms with Crippen molar-refractivity contribution in [3.63, 3.8) is 0 Å². The molecule has 0 amide bonds. The van der Waals surface area contributed by atoms with E-state index in [0.717, 1.165) is 3.70 Å². The maximum atomic E-state index is 11.3. The molecule has 66 valence electrons. The second kappa shape index (κ2) is 3.33. The molecular weight excluding hydrogens is 281 g/mol. The third-order valence-corrected chi connectivity index (χ3v) is 2.19. The first-order valence-electron chi connectivity index (χ1n) is 3.66. The summed E-state index contributed by atoms with van der Waals surface area (Å²) in [6, 6.07) is 5.34. The molecule has 0 saturated heterocycles. The van der Waals surface area contributed by atoms with Crippen molar-refractivity contribution in [2.24, 2.45) is 0 Å². The molecule has 4 nitrogen and oxygen atoms in total. The van der Waals surface area contributed by atoms with Gasteiger partial charge in [0, 0.05) is 6.20 Å². The van der Waals surface area contributed by atoms with Crippen LogP contribution in [-0.4, -0.2) is 15.2 Å². The first-order chi connectivity index (χ1) is 6.27. The van der Waals surface area contributed by atoms with Crippen LogP contribution in [0.3, 0.4) is 0 Å². The maximum Gasteiger partial charge on any atom is 0.257 e. The van der Waals surface area contributed by atoms with E-state index in [9.17, 15) is 4.79 Å². The fraction of sp³-hybridized carbons (Fsp3) is 0. The van der Waals surface area contributed by atoms with E-state index in [1.54, 1.807) is 18.3 Å². The Labute approximate surface area is 87.5 Å². The Balaban J connectivity index is 2.59. The van der Waals surface area contributed by atoms with Crippen LogP contribution in [-0.2, 0) is 0 Å². The number of hydrogen-bond acceptors (Lipinski definition) is 2. The molecule has 2 rings (SSSR count). The fourth-order valence-corrected chi connectivity index (χ4v) is 1.48. The third kappa shape index (κ3) is 1.64. The van der Waals surface area contributed by atoms with Gasteiger partial charge in [-0.1, -0.05) is 0 Å². The molecule has 0 atom stereocenters. The zero-order chi connectivity index (χ0) is 9.26. The van der Waals surface area contributed by atoms with Crippen LogP contribution in [0.4, 0.5) is 0 Å². The Bertz CT molecular complexity index is 474. The number of nitrogens with one attached hydrogen (secondary N) is 2. The Morgan fingerprint density at radius 3 is 2.92 bits per heavy atom. The van der Waals surface area contributed by atoms with Crippen LogP contribution in [0.2, 0.25) is 0 Å². The molecule has 0 aliphatic heterocycles. The first kappa shape index (κ1) is 8.49. The lowest BCUT2D eigenvalue weighted by molar-refractivity contribution is 1.07. The molecule has 0 aliphatic carbocycles. The fourth-order valence-electron chi connectivity index (χ4n) is 1.06. The SMILES string of the molecule is O=c1[nH]cccc1-c1cc(I)[nH]n1. The number of nitrogens with zero attached hydrogens (tertiary/aromatic N) is 1. The van der Waals surface area contributed by atoms with Crippen molar-refractivity contribution in [1.29, 1.82) is 0 Å². The molecule has 0 aliphatic rings.